The smallest absolute Gasteiger partial charge is 0.290 e. The maximum atomic E-state index is 14.7. The molecule has 0 radical (unpaired) electrons. The fraction of sp³-hybridized carbons (Fsp3) is 0.0870. The summed E-state index contributed by atoms with van der Waals surface area (Å²) >= 11 is 5.96. The van der Waals surface area contributed by atoms with Gasteiger partial charge in [0.15, 0.2) is 5.76 Å². The standard InChI is InChI=1S/C23H16ClF2NO2/c24-16-9-7-15(8-10-16)20-21(18-3-1-2-4-19(18)26)27(23(29)22(20)28)13-14-5-11-17(25)12-6-14/h1-12,21,28H,13H2. The normalized spacial score (nSPS) is 16.6. The van der Waals surface area contributed by atoms with E-state index in [9.17, 15) is 18.7 Å². The molecule has 0 aromatic heterocycles. The first-order valence-electron chi connectivity index (χ1n) is 8.94. The summed E-state index contributed by atoms with van der Waals surface area (Å²) in [5, 5.41) is 11.2. The van der Waals surface area contributed by atoms with E-state index in [4.69, 9.17) is 11.6 Å². The first-order chi connectivity index (χ1) is 14.0. The average Bonchev–Trinajstić information content (AvgIpc) is 2.95. The number of aliphatic hydroxyl groups excluding tert-OH is 1. The number of halogens is 3. The van der Waals surface area contributed by atoms with E-state index in [1.54, 1.807) is 54.6 Å². The van der Waals surface area contributed by atoms with Gasteiger partial charge in [0.1, 0.15) is 11.6 Å². The second-order valence-corrected chi connectivity index (χ2v) is 7.19. The van der Waals surface area contributed by atoms with Crippen LogP contribution in [0, 0.1) is 11.6 Å². The summed E-state index contributed by atoms with van der Waals surface area (Å²) in [6.07, 6.45) is 0. The lowest BCUT2D eigenvalue weighted by Gasteiger charge is -2.28. The lowest BCUT2D eigenvalue weighted by atomic mass is 9.93. The van der Waals surface area contributed by atoms with Gasteiger partial charge >= 0.3 is 0 Å². The van der Waals surface area contributed by atoms with Gasteiger partial charge in [-0.15, -0.1) is 0 Å². The zero-order chi connectivity index (χ0) is 20.5. The van der Waals surface area contributed by atoms with E-state index in [0.717, 1.165) is 0 Å². The Balaban J connectivity index is 1.83. The van der Waals surface area contributed by atoms with Gasteiger partial charge in [-0.1, -0.05) is 54.1 Å². The highest BCUT2D eigenvalue weighted by molar-refractivity contribution is 6.30. The Hall–Kier alpha value is -3.18. The van der Waals surface area contributed by atoms with Crippen LogP contribution in [0.1, 0.15) is 22.7 Å². The zero-order valence-corrected chi connectivity index (χ0v) is 15.9. The third kappa shape index (κ3) is 3.61. The second kappa shape index (κ2) is 7.68. The Morgan fingerprint density at radius 2 is 1.59 bits per heavy atom. The van der Waals surface area contributed by atoms with Crippen molar-refractivity contribution in [2.45, 2.75) is 12.6 Å². The number of benzene rings is 3. The van der Waals surface area contributed by atoms with Gasteiger partial charge in [-0.3, -0.25) is 4.79 Å². The molecular weight excluding hydrogens is 396 g/mol. The molecule has 4 rings (SSSR count). The molecular formula is C23H16ClF2NO2. The molecule has 29 heavy (non-hydrogen) atoms. The fourth-order valence-electron chi connectivity index (χ4n) is 3.55. The molecule has 1 heterocycles. The molecule has 0 fully saturated rings. The van der Waals surface area contributed by atoms with Crippen molar-refractivity contribution in [1.82, 2.24) is 4.90 Å². The topological polar surface area (TPSA) is 40.5 Å². The van der Waals surface area contributed by atoms with Gasteiger partial charge in [-0.05, 0) is 41.5 Å². The Labute approximate surface area is 171 Å². The molecule has 3 aromatic rings. The van der Waals surface area contributed by atoms with Crippen LogP contribution < -0.4 is 0 Å². The number of carbonyl (C=O) groups is 1. The predicted octanol–water partition coefficient (Wildman–Crippen LogP) is 5.67. The van der Waals surface area contributed by atoms with Crippen LogP contribution in [-0.2, 0) is 11.3 Å². The zero-order valence-electron chi connectivity index (χ0n) is 15.1. The maximum Gasteiger partial charge on any atom is 0.290 e. The largest absolute Gasteiger partial charge is 0.503 e. The van der Waals surface area contributed by atoms with E-state index in [0.29, 0.717) is 21.7 Å². The van der Waals surface area contributed by atoms with Crippen molar-refractivity contribution in [1.29, 1.82) is 0 Å². The minimum Gasteiger partial charge on any atom is -0.503 e. The van der Waals surface area contributed by atoms with Crippen molar-refractivity contribution in [2.75, 3.05) is 0 Å². The number of amides is 1. The minimum absolute atomic E-state index is 0.0826. The van der Waals surface area contributed by atoms with Crippen LogP contribution in [0.3, 0.4) is 0 Å². The van der Waals surface area contributed by atoms with Crippen molar-refractivity contribution in [3.63, 3.8) is 0 Å². The van der Waals surface area contributed by atoms with E-state index in [1.807, 2.05) is 0 Å². The third-order valence-corrected chi connectivity index (χ3v) is 5.18. The van der Waals surface area contributed by atoms with Gasteiger partial charge < -0.3 is 10.0 Å². The first kappa shape index (κ1) is 19.2. The molecule has 1 N–H and O–H groups in total. The van der Waals surface area contributed by atoms with Crippen LogP contribution in [0.15, 0.2) is 78.6 Å². The minimum atomic E-state index is -0.838. The highest BCUT2D eigenvalue weighted by Gasteiger charge is 2.42. The lowest BCUT2D eigenvalue weighted by Crippen LogP contribution is -2.30. The highest BCUT2D eigenvalue weighted by Crippen LogP contribution is 2.44. The molecule has 3 nitrogen and oxygen atoms in total. The van der Waals surface area contributed by atoms with Crippen molar-refractivity contribution in [3.8, 4) is 0 Å². The van der Waals surface area contributed by atoms with Gasteiger partial charge in [0, 0.05) is 22.7 Å². The monoisotopic (exact) mass is 411 g/mol. The number of aliphatic hydroxyl groups is 1. The number of rotatable bonds is 4. The summed E-state index contributed by atoms with van der Waals surface area (Å²) in [6, 6.07) is 17.6. The number of nitrogens with zero attached hydrogens (tertiary/aromatic N) is 1. The number of carbonyl (C=O) groups excluding carboxylic acids is 1. The van der Waals surface area contributed by atoms with Gasteiger partial charge in [0.05, 0.1) is 6.04 Å². The van der Waals surface area contributed by atoms with Gasteiger partial charge in [-0.25, -0.2) is 8.78 Å². The molecule has 146 valence electrons. The van der Waals surface area contributed by atoms with Crippen LogP contribution in [-0.4, -0.2) is 15.9 Å². The van der Waals surface area contributed by atoms with Crippen LogP contribution in [0.4, 0.5) is 8.78 Å². The van der Waals surface area contributed by atoms with Crippen LogP contribution in [0.2, 0.25) is 5.02 Å². The molecule has 0 spiro atoms. The molecule has 0 saturated carbocycles. The SMILES string of the molecule is O=C1C(O)=C(c2ccc(Cl)cc2)C(c2ccccc2F)N1Cc1ccc(F)cc1. The molecule has 6 heteroatoms. The summed E-state index contributed by atoms with van der Waals surface area (Å²) in [5.41, 5.74) is 1.79. The Morgan fingerprint density at radius 3 is 2.24 bits per heavy atom. The molecule has 1 aliphatic rings. The maximum absolute atomic E-state index is 14.7. The fourth-order valence-corrected chi connectivity index (χ4v) is 3.67. The summed E-state index contributed by atoms with van der Waals surface area (Å²) < 4.78 is 28.0. The molecule has 0 bridgehead atoms. The van der Waals surface area contributed by atoms with Gasteiger partial charge in [0.2, 0.25) is 0 Å². The van der Waals surface area contributed by atoms with Gasteiger partial charge in [0.25, 0.3) is 5.91 Å². The van der Waals surface area contributed by atoms with Crippen LogP contribution >= 0.6 is 11.6 Å². The molecule has 0 saturated heterocycles. The summed E-state index contributed by atoms with van der Waals surface area (Å²) in [5.74, 6) is -1.94. The molecule has 1 atom stereocenters. The summed E-state index contributed by atoms with van der Waals surface area (Å²) in [6.45, 7) is 0.0826. The van der Waals surface area contributed by atoms with Crippen LogP contribution in [0.5, 0.6) is 0 Å². The number of hydrogen-bond acceptors (Lipinski definition) is 2. The highest BCUT2D eigenvalue weighted by atomic mass is 35.5. The molecule has 0 aliphatic carbocycles. The summed E-state index contributed by atoms with van der Waals surface area (Å²) in [4.78, 5) is 14.3. The van der Waals surface area contributed by atoms with E-state index in [-0.39, 0.29) is 12.1 Å². The van der Waals surface area contributed by atoms with E-state index in [2.05, 4.69) is 0 Å². The van der Waals surface area contributed by atoms with Crippen LogP contribution in [0.25, 0.3) is 5.57 Å². The summed E-state index contributed by atoms with van der Waals surface area (Å²) in [7, 11) is 0. The third-order valence-electron chi connectivity index (χ3n) is 4.92. The first-order valence-corrected chi connectivity index (χ1v) is 9.32. The molecule has 3 aromatic carbocycles. The van der Waals surface area contributed by atoms with Crippen molar-refractivity contribution in [3.05, 3.63) is 112 Å². The quantitative estimate of drug-likeness (QED) is 0.600. The van der Waals surface area contributed by atoms with Crippen molar-refractivity contribution < 1.29 is 18.7 Å². The number of hydrogen-bond donors (Lipinski definition) is 1. The molecule has 1 amide bonds. The lowest BCUT2D eigenvalue weighted by molar-refractivity contribution is -0.130. The average molecular weight is 412 g/mol. The Kier molecular flexibility index (Phi) is 5.07. The Morgan fingerprint density at radius 1 is 0.931 bits per heavy atom. The van der Waals surface area contributed by atoms with Crippen molar-refractivity contribution >= 4 is 23.1 Å². The predicted molar refractivity (Wildman–Crippen MR) is 107 cm³/mol. The van der Waals surface area contributed by atoms with E-state index >= 15 is 0 Å². The second-order valence-electron chi connectivity index (χ2n) is 6.75. The molecule has 1 aliphatic heterocycles. The molecule has 1 unspecified atom stereocenters. The Bertz CT molecular complexity index is 1090. The van der Waals surface area contributed by atoms with E-state index in [1.165, 1.54) is 23.1 Å². The van der Waals surface area contributed by atoms with Gasteiger partial charge in [-0.2, -0.15) is 0 Å². The van der Waals surface area contributed by atoms with Crippen molar-refractivity contribution in [2.24, 2.45) is 0 Å². The van der Waals surface area contributed by atoms with E-state index < -0.39 is 29.3 Å².